The van der Waals surface area contributed by atoms with Gasteiger partial charge in [0, 0.05) is 46.9 Å². The van der Waals surface area contributed by atoms with Crippen molar-refractivity contribution in [3.8, 4) is 11.5 Å². The van der Waals surface area contributed by atoms with E-state index in [0.717, 1.165) is 15.7 Å². The summed E-state index contributed by atoms with van der Waals surface area (Å²) in [5, 5.41) is 0.621. The Morgan fingerprint density at radius 3 is 2.21 bits per heavy atom. The maximum absolute atomic E-state index is 13.6. The number of oxazole rings is 1. The standard InChI is InChI=1S/C25H21BrClN3O3S/c26-19-9-11-22(12-10-19)34(31,32)24-25(33-23(28-24)18-5-2-1-3-6-18)30-15-13-29(14-16-30)21-8-4-7-20(27)17-21/h1-12,17H,13-16H2. The first-order chi connectivity index (χ1) is 16.4. The van der Waals surface area contributed by atoms with Crippen LogP contribution in [0.5, 0.6) is 0 Å². The van der Waals surface area contributed by atoms with E-state index in [0.29, 0.717) is 31.2 Å². The first-order valence-electron chi connectivity index (χ1n) is 10.7. The molecule has 1 aromatic heterocycles. The van der Waals surface area contributed by atoms with Gasteiger partial charge in [0.2, 0.25) is 26.6 Å². The van der Waals surface area contributed by atoms with Crippen molar-refractivity contribution in [2.24, 2.45) is 0 Å². The van der Waals surface area contributed by atoms with Crippen LogP contribution in [0, 0.1) is 0 Å². The molecule has 0 radical (unpaired) electrons. The Morgan fingerprint density at radius 1 is 0.853 bits per heavy atom. The molecule has 2 heterocycles. The Morgan fingerprint density at radius 2 is 1.53 bits per heavy atom. The second kappa shape index (κ2) is 9.44. The first kappa shape index (κ1) is 23.0. The zero-order valence-corrected chi connectivity index (χ0v) is 21.2. The summed E-state index contributed by atoms with van der Waals surface area (Å²) >= 11 is 9.52. The van der Waals surface area contributed by atoms with Crippen molar-refractivity contribution in [2.75, 3.05) is 36.0 Å². The maximum Gasteiger partial charge on any atom is 0.236 e. The zero-order chi connectivity index (χ0) is 23.7. The summed E-state index contributed by atoms with van der Waals surface area (Å²) in [6, 6.07) is 23.6. The summed E-state index contributed by atoms with van der Waals surface area (Å²) in [7, 11) is -3.89. The van der Waals surface area contributed by atoms with Gasteiger partial charge < -0.3 is 14.2 Å². The smallest absolute Gasteiger partial charge is 0.236 e. The number of rotatable bonds is 5. The molecule has 0 N–H and O–H groups in total. The highest BCUT2D eigenvalue weighted by Gasteiger charge is 2.33. The third-order valence-electron chi connectivity index (χ3n) is 5.72. The quantitative estimate of drug-likeness (QED) is 0.303. The molecule has 0 unspecified atom stereocenters. The molecule has 1 aliphatic rings. The van der Waals surface area contributed by atoms with E-state index in [-0.39, 0.29) is 21.7 Å². The molecule has 0 bridgehead atoms. The van der Waals surface area contributed by atoms with Crippen molar-refractivity contribution >= 4 is 48.9 Å². The number of benzene rings is 3. The predicted molar refractivity (Wildman–Crippen MR) is 137 cm³/mol. The minimum absolute atomic E-state index is 0.0649. The molecule has 1 fully saturated rings. The van der Waals surface area contributed by atoms with E-state index in [4.69, 9.17) is 16.0 Å². The lowest BCUT2D eigenvalue weighted by molar-refractivity contribution is 0.525. The molecule has 0 aliphatic carbocycles. The first-order valence-corrected chi connectivity index (χ1v) is 13.4. The molecule has 1 aliphatic heterocycles. The number of piperazine rings is 1. The van der Waals surface area contributed by atoms with Gasteiger partial charge in [-0.05, 0) is 54.6 Å². The Labute approximate surface area is 211 Å². The Balaban J connectivity index is 1.50. The van der Waals surface area contributed by atoms with E-state index >= 15 is 0 Å². The molecule has 174 valence electrons. The lowest BCUT2D eigenvalue weighted by Crippen LogP contribution is -2.46. The average molecular weight is 559 g/mol. The molecule has 1 saturated heterocycles. The molecule has 0 atom stereocenters. The largest absolute Gasteiger partial charge is 0.419 e. The Kier molecular flexibility index (Phi) is 6.38. The number of sulfone groups is 1. The third-order valence-corrected chi connectivity index (χ3v) is 8.15. The molecular weight excluding hydrogens is 538 g/mol. The molecule has 5 rings (SSSR count). The molecule has 4 aromatic rings. The maximum atomic E-state index is 13.6. The average Bonchev–Trinajstić information content (AvgIpc) is 3.32. The molecule has 6 nitrogen and oxygen atoms in total. The lowest BCUT2D eigenvalue weighted by Gasteiger charge is -2.36. The van der Waals surface area contributed by atoms with Gasteiger partial charge in [0.05, 0.1) is 4.90 Å². The topological polar surface area (TPSA) is 66.7 Å². The normalized spacial score (nSPS) is 14.4. The van der Waals surface area contributed by atoms with Gasteiger partial charge in [-0.25, -0.2) is 8.42 Å². The number of halogens is 2. The van der Waals surface area contributed by atoms with Gasteiger partial charge in [0.25, 0.3) is 0 Å². The second-order valence-electron chi connectivity index (χ2n) is 7.91. The van der Waals surface area contributed by atoms with Gasteiger partial charge in [0.1, 0.15) is 0 Å². The van der Waals surface area contributed by atoms with Crippen molar-refractivity contribution in [3.63, 3.8) is 0 Å². The van der Waals surface area contributed by atoms with E-state index in [2.05, 4.69) is 25.8 Å². The van der Waals surface area contributed by atoms with Crippen LogP contribution in [-0.2, 0) is 9.84 Å². The Bertz CT molecular complexity index is 1400. The summed E-state index contributed by atoms with van der Waals surface area (Å²) in [6.45, 7) is 2.55. The lowest BCUT2D eigenvalue weighted by atomic mass is 10.2. The zero-order valence-electron chi connectivity index (χ0n) is 18.1. The van der Waals surface area contributed by atoms with Gasteiger partial charge >= 0.3 is 0 Å². The van der Waals surface area contributed by atoms with Gasteiger partial charge in [0.15, 0.2) is 0 Å². The van der Waals surface area contributed by atoms with Crippen LogP contribution in [-0.4, -0.2) is 39.6 Å². The predicted octanol–water partition coefficient (Wildman–Crippen LogP) is 5.92. The van der Waals surface area contributed by atoms with Gasteiger partial charge in [-0.1, -0.05) is 51.8 Å². The van der Waals surface area contributed by atoms with E-state index in [1.807, 2.05) is 59.5 Å². The van der Waals surface area contributed by atoms with E-state index in [1.165, 1.54) is 0 Å². The second-order valence-corrected chi connectivity index (χ2v) is 11.1. The summed E-state index contributed by atoms with van der Waals surface area (Å²) in [4.78, 5) is 8.82. The highest BCUT2D eigenvalue weighted by molar-refractivity contribution is 9.10. The van der Waals surface area contributed by atoms with Crippen molar-refractivity contribution in [2.45, 2.75) is 9.92 Å². The minimum Gasteiger partial charge on any atom is -0.419 e. The van der Waals surface area contributed by atoms with Crippen molar-refractivity contribution in [1.82, 2.24) is 4.98 Å². The number of aromatic nitrogens is 1. The molecular formula is C25H21BrClN3O3S. The number of hydrogen-bond acceptors (Lipinski definition) is 6. The third kappa shape index (κ3) is 4.58. The van der Waals surface area contributed by atoms with Crippen LogP contribution in [0.4, 0.5) is 11.6 Å². The minimum atomic E-state index is -3.89. The fraction of sp³-hybridized carbons (Fsp3) is 0.160. The van der Waals surface area contributed by atoms with Crippen LogP contribution in [0.1, 0.15) is 0 Å². The fourth-order valence-electron chi connectivity index (χ4n) is 3.94. The van der Waals surface area contributed by atoms with Gasteiger partial charge in [-0.15, -0.1) is 0 Å². The van der Waals surface area contributed by atoms with Gasteiger partial charge in [-0.2, -0.15) is 4.98 Å². The summed E-state index contributed by atoms with van der Waals surface area (Å²) in [6.07, 6.45) is 0. The van der Waals surface area contributed by atoms with Crippen molar-refractivity contribution < 1.29 is 12.8 Å². The highest BCUT2D eigenvalue weighted by Crippen LogP contribution is 2.35. The molecule has 0 spiro atoms. The van der Waals surface area contributed by atoms with E-state index in [9.17, 15) is 8.42 Å². The molecule has 0 amide bonds. The van der Waals surface area contributed by atoms with Crippen molar-refractivity contribution in [1.29, 1.82) is 0 Å². The summed E-state index contributed by atoms with van der Waals surface area (Å²) in [5.74, 6) is 0.552. The molecule has 3 aromatic carbocycles. The summed E-state index contributed by atoms with van der Waals surface area (Å²) < 4.78 is 34.1. The fourth-order valence-corrected chi connectivity index (χ4v) is 5.71. The van der Waals surface area contributed by atoms with Crippen LogP contribution >= 0.6 is 27.5 Å². The van der Waals surface area contributed by atoms with Gasteiger partial charge in [-0.3, -0.25) is 0 Å². The molecule has 34 heavy (non-hydrogen) atoms. The van der Waals surface area contributed by atoms with Crippen molar-refractivity contribution in [3.05, 3.63) is 88.4 Å². The molecule has 0 saturated carbocycles. The SMILES string of the molecule is O=S(=O)(c1ccc(Br)cc1)c1nc(-c2ccccc2)oc1N1CCN(c2cccc(Cl)c2)CC1. The van der Waals surface area contributed by atoms with E-state index < -0.39 is 9.84 Å². The summed E-state index contributed by atoms with van der Waals surface area (Å²) in [5.41, 5.74) is 1.76. The Hall–Kier alpha value is -2.81. The van der Waals surface area contributed by atoms with Crippen LogP contribution in [0.2, 0.25) is 5.02 Å². The highest BCUT2D eigenvalue weighted by atomic mass is 79.9. The number of anilines is 2. The van der Waals surface area contributed by atoms with E-state index in [1.54, 1.807) is 24.3 Å². The van der Waals surface area contributed by atoms with Crippen LogP contribution in [0.3, 0.4) is 0 Å². The van der Waals surface area contributed by atoms with Crippen LogP contribution < -0.4 is 9.80 Å². The number of hydrogen-bond donors (Lipinski definition) is 0. The van der Waals surface area contributed by atoms with Crippen LogP contribution in [0.25, 0.3) is 11.5 Å². The molecule has 9 heteroatoms. The number of nitrogens with zero attached hydrogens (tertiary/aromatic N) is 3. The van der Waals surface area contributed by atoms with Crippen LogP contribution in [0.15, 0.2) is 97.7 Å². The monoisotopic (exact) mass is 557 g/mol.